The maximum Gasteiger partial charge on any atom is 0.133 e. The Balaban J connectivity index is 2.01. The minimum absolute atomic E-state index is 0.802. The van der Waals surface area contributed by atoms with Gasteiger partial charge in [0.05, 0.1) is 11.1 Å². The summed E-state index contributed by atoms with van der Waals surface area (Å²) in [6.07, 6.45) is 8.98. The van der Waals surface area contributed by atoms with Crippen LogP contribution in [0.25, 0.3) is 0 Å². The van der Waals surface area contributed by atoms with E-state index in [1.165, 1.54) is 38.5 Å². The maximum absolute atomic E-state index is 5.76. The Bertz CT molecular complexity index is 358. The summed E-state index contributed by atoms with van der Waals surface area (Å²) in [5, 5.41) is 0. The van der Waals surface area contributed by atoms with Crippen molar-refractivity contribution in [3.63, 3.8) is 0 Å². The maximum atomic E-state index is 5.76. The zero-order valence-electron chi connectivity index (χ0n) is 11.2. The highest BCUT2D eigenvalue weighted by molar-refractivity contribution is 9.11. The summed E-state index contributed by atoms with van der Waals surface area (Å²) in [5.74, 6) is 1.95. The summed E-state index contributed by atoms with van der Waals surface area (Å²) in [6, 6.07) is 6.00. The van der Waals surface area contributed by atoms with E-state index in [0.717, 1.165) is 33.5 Å². The van der Waals surface area contributed by atoms with E-state index < -0.39 is 0 Å². The van der Waals surface area contributed by atoms with Crippen molar-refractivity contribution in [1.82, 2.24) is 0 Å². The average molecular weight is 410 g/mol. The highest BCUT2D eigenvalue weighted by Gasteiger charge is 2.01. The molecule has 108 valence electrons. The second-order valence-corrected chi connectivity index (χ2v) is 6.84. The molecule has 0 spiro atoms. The third-order valence-corrected chi connectivity index (χ3v) is 4.38. The van der Waals surface area contributed by atoms with E-state index in [4.69, 9.17) is 4.74 Å². The molecule has 0 heterocycles. The van der Waals surface area contributed by atoms with Crippen molar-refractivity contribution in [2.45, 2.75) is 44.9 Å². The molecule has 0 bridgehead atoms. The van der Waals surface area contributed by atoms with E-state index in [-0.39, 0.29) is 0 Å². The molecule has 0 aliphatic rings. The lowest BCUT2D eigenvalue weighted by Crippen LogP contribution is -1.97. The van der Waals surface area contributed by atoms with Gasteiger partial charge in [0.2, 0.25) is 0 Å². The van der Waals surface area contributed by atoms with Crippen LogP contribution in [0.4, 0.5) is 0 Å². The molecule has 0 N–H and O–H groups in total. The molecule has 1 rings (SSSR count). The van der Waals surface area contributed by atoms with Crippen molar-refractivity contribution in [3.8, 4) is 5.75 Å². The molecule has 0 aliphatic heterocycles. The SMILES string of the molecule is SCCCCCCCCCOc1ccc(Br)cc1Br. The molecule has 1 nitrogen and oxygen atoms in total. The molecule has 0 saturated carbocycles. The zero-order valence-corrected chi connectivity index (χ0v) is 15.3. The fraction of sp³-hybridized carbons (Fsp3) is 0.600. The molecular weight excluding hydrogens is 388 g/mol. The van der Waals surface area contributed by atoms with Crippen molar-refractivity contribution >= 4 is 44.5 Å². The lowest BCUT2D eigenvalue weighted by Gasteiger charge is -2.08. The van der Waals surface area contributed by atoms with Crippen LogP contribution in [0.15, 0.2) is 27.1 Å². The Kier molecular flexibility index (Phi) is 10.1. The fourth-order valence-corrected chi connectivity index (χ4v) is 3.26. The number of halogens is 2. The van der Waals surface area contributed by atoms with Gasteiger partial charge >= 0.3 is 0 Å². The molecule has 19 heavy (non-hydrogen) atoms. The minimum atomic E-state index is 0.802. The number of hydrogen-bond acceptors (Lipinski definition) is 2. The van der Waals surface area contributed by atoms with E-state index in [1.54, 1.807) is 0 Å². The number of thiol groups is 1. The number of ether oxygens (including phenoxy) is 1. The van der Waals surface area contributed by atoms with Gasteiger partial charge in [-0.1, -0.05) is 48.0 Å². The van der Waals surface area contributed by atoms with E-state index in [9.17, 15) is 0 Å². The van der Waals surface area contributed by atoms with E-state index >= 15 is 0 Å². The van der Waals surface area contributed by atoms with Gasteiger partial charge in [0.15, 0.2) is 0 Å². The van der Waals surface area contributed by atoms with Crippen LogP contribution in [0, 0.1) is 0 Å². The van der Waals surface area contributed by atoms with Gasteiger partial charge in [0.25, 0.3) is 0 Å². The van der Waals surface area contributed by atoms with Crippen LogP contribution >= 0.6 is 44.5 Å². The van der Waals surface area contributed by atoms with E-state index in [2.05, 4.69) is 44.5 Å². The molecule has 0 saturated heterocycles. The van der Waals surface area contributed by atoms with Gasteiger partial charge in [-0.15, -0.1) is 0 Å². The van der Waals surface area contributed by atoms with E-state index in [0.29, 0.717) is 0 Å². The fourth-order valence-electron chi connectivity index (χ4n) is 1.87. The van der Waals surface area contributed by atoms with Crippen molar-refractivity contribution in [1.29, 1.82) is 0 Å². The molecule has 0 amide bonds. The number of benzene rings is 1. The molecule has 1 aromatic rings. The Morgan fingerprint density at radius 1 is 0.895 bits per heavy atom. The van der Waals surface area contributed by atoms with Crippen LogP contribution in [0.5, 0.6) is 5.75 Å². The minimum Gasteiger partial charge on any atom is -0.492 e. The van der Waals surface area contributed by atoms with Gasteiger partial charge in [-0.2, -0.15) is 12.6 Å². The quantitative estimate of drug-likeness (QED) is 0.354. The second-order valence-electron chi connectivity index (χ2n) is 4.62. The van der Waals surface area contributed by atoms with Gasteiger partial charge in [-0.05, 0) is 52.7 Å². The third kappa shape index (κ3) is 8.26. The van der Waals surface area contributed by atoms with Gasteiger partial charge < -0.3 is 4.74 Å². The monoisotopic (exact) mass is 408 g/mol. The molecule has 4 heteroatoms. The predicted octanol–water partition coefficient (Wildman–Crippen LogP) is 6.25. The first-order valence-electron chi connectivity index (χ1n) is 6.93. The molecule has 0 aliphatic carbocycles. The standard InChI is InChI=1S/C15H22Br2OS/c16-13-8-9-15(14(17)12-13)18-10-6-4-2-1-3-5-7-11-19/h8-9,12,19H,1-7,10-11H2. The molecule has 0 fully saturated rings. The Morgan fingerprint density at radius 3 is 2.16 bits per heavy atom. The highest BCUT2D eigenvalue weighted by Crippen LogP contribution is 2.28. The Hall–Kier alpha value is 0.330. The van der Waals surface area contributed by atoms with Crippen LogP contribution < -0.4 is 4.74 Å². The van der Waals surface area contributed by atoms with Gasteiger partial charge in [0.1, 0.15) is 5.75 Å². The highest BCUT2D eigenvalue weighted by atomic mass is 79.9. The molecule has 0 unspecified atom stereocenters. The first kappa shape index (κ1) is 17.4. The van der Waals surface area contributed by atoms with Crippen LogP contribution in [-0.4, -0.2) is 12.4 Å². The van der Waals surface area contributed by atoms with Crippen molar-refractivity contribution in [3.05, 3.63) is 27.1 Å². The van der Waals surface area contributed by atoms with Crippen LogP contribution in [0.2, 0.25) is 0 Å². The van der Waals surface area contributed by atoms with Gasteiger partial charge in [-0.25, -0.2) is 0 Å². The van der Waals surface area contributed by atoms with Gasteiger partial charge in [0, 0.05) is 4.47 Å². The summed E-state index contributed by atoms with van der Waals surface area (Å²) in [4.78, 5) is 0. The molecule has 0 radical (unpaired) electrons. The topological polar surface area (TPSA) is 9.23 Å². The van der Waals surface area contributed by atoms with Gasteiger partial charge in [-0.3, -0.25) is 0 Å². The third-order valence-electron chi connectivity index (χ3n) is 2.95. The summed E-state index contributed by atoms with van der Waals surface area (Å²) < 4.78 is 7.83. The molecule has 0 aromatic heterocycles. The summed E-state index contributed by atoms with van der Waals surface area (Å²) in [5.41, 5.74) is 0. The zero-order chi connectivity index (χ0) is 13.9. The van der Waals surface area contributed by atoms with Crippen molar-refractivity contribution in [2.75, 3.05) is 12.4 Å². The number of rotatable bonds is 10. The summed E-state index contributed by atoms with van der Waals surface area (Å²) in [7, 11) is 0. The first-order valence-corrected chi connectivity index (χ1v) is 9.14. The Morgan fingerprint density at radius 2 is 1.53 bits per heavy atom. The predicted molar refractivity (Wildman–Crippen MR) is 93.5 cm³/mol. The number of unbranched alkanes of at least 4 members (excludes halogenated alkanes) is 6. The molecule has 1 aromatic carbocycles. The Labute approximate surface area is 139 Å². The second kappa shape index (κ2) is 11.0. The first-order chi connectivity index (χ1) is 9.24. The summed E-state index contributed by atoms with van der Waals surface area (Å²) in [6.45, 7) is 0.802. The normalized spacial score (nSPS) is 10.7. The molecular formula is C15H22Br2OS. The summed E-state index contributed by atoms with van der Waals surface area (Å²) >= 11 is 11.2. The largest absolute Gasteiger partial charge is 0.492 e. The van der Waals surface area contributed by atoms with Crippen LogP contribution in [0.3, 0.4) is 0 Å². The van der Waals surface area contributed by atoms with Crippen LogP contribution in [-0.2, 0) is 0 Å². The number of hydrogen-bond donors (Lipinski definition) is 1. The van der Waals surface area contributed by atoms with Crippen LogP contribution in [0.1, 0.15) is 44.9 Å². The van der Waals surface area contributed by atoms with Crippen molar-refractivity contribution < 1.29 is 4.74 Å². The lowest BCUT2D eigenvalue weighted by atomic mass is 10.1. The smallest absolute Gasteiger partial charge is 0.133 e. The average Bonchev–Trinajstić information content (AvgIpc) is 2.39. The van der Waals surface area contributed by atoms with Crippen molar-refractivity contribution in [2.24, 2.45) is 0 Å². The lowest BCUT2D eigenvalue weighted by molar-refractivity contribution is 0.302. The van der Waals surface area contributed by atoms with E-state index in [1.807, 2.05) is 18.2 Å². The molecule has 0 atom stereocenters.